The van der Waals surface area contributed by atoms with Gasteiger partial charge >= 0.3 is 0 Å². The van der Waals surface area contributed by atoms with E-state index in [4.69, 9.17) is 0 Å². The molecule has 0 amide bonds. The highest BCUT2D eigenvalue weighted by Crippen LogP contribution is 2.43. The second-order valence-corrected chi connectivity index (χ2v) is 8.01. The lowest BCUT2D eigenvalue weighted by Gasteiger charge is -2.13. The van der Waals surface area contributed by atoms with Crippen molar-refractivity contribution in [2.24, 2.45) is 0 Å². The van der Waals surface area contributed by atoms with E-state index >= 15 is 0 Å². The van der Waals surface area contributed by atoms with Crippen LogP contribution in [0.1, 0.15) is 42.7 Å². The maximum Gasteiger partial charge on any atom is 0.200 e. The molecule has 2 atom stereocenters. The highest BCUT2D eigenvalue weighted by atomic mass is 32.2. The second kappa shape index (κ2) is 4.62. The highest BCUT2D eigenvalue weighted by Gasteiger charge is 2.42. The van der Waals surface area contributed by atoms with E-state index in [1.165, 1.54) is 16.8 Å². The first kappa shape index (κ1) is 13.9. The van der Waals surface area contributed by atoms with E-state index in [2.05, 4.69) is 5.10 Å². The first-order valence-electron chi connectivity index (χ1n) is 7.20. The average Bonchev–Trinajstić information content (AvgIpc) is 3.17. The van der Waals surface area contributed by atoms with Crippen molar-refractivity contribution in [2.45, 2.75) is 41.8 Å². The number of alkyl halides is 1. The Labute approximate surface area is 126 Å². The second-order valence-electron chi connectivity index (χ2n) is 5.84. The normalized spacial score (nSPS) is 24.5. The number of sulfone groups is 1. The van der Waals surface area contributed by atoms with Gasteiger partial charge < -0.3 is 0 Å². The van der Waals surface area contributed by atoms with Gasteiger partial charge in [-0.2, -0.15) is 5.10 Å². The van der Waals surface area contributed by atoms with Crippen molar-refractivity contribution in [3.8, 4) is 0 Å². The van der Waals surface area contributed by atoms with Gasteiger partial charge in [0.15, 0.2) is 14.9 Å². The van der Waals surface area contributed by atoms with Crippen molar-refractivity contribution in [1.82, 2.24) is 9.78 Å². The summed E-state index contributed by atoms with van der Waals surface area (Å²) in [5, 5.41) is 3.61. The highest BCUT2D eigenvalue weighted by molar-refractivity contribution is 7.92. The minimum Gasteiger partial charge on any atom is -0.258 e. The van der Waals surface area contributed by atoms with Gasteiger partial charge in [-0.05, 0) is 18.9 Å². The Balaban J connectivity index is 1.80. The molecule has 1 aliphatic heterocycles. The van der Waals surface area contributed by atoms with E-state index in [0.29, 0.717) is 18.4 Å². The Hall–Kier alpha value is -1.76. The maximum absolute atomic E-state index is 14.2. The van der Waals surface area contributed by atoms with Gasteiger partial charge in [0.05, 0.1) is 17.0 Å². The SMILES string of the molecule is O=S(=O)(c1cc2n(n1)[C@H](c1ccccc1F)C[C@@H]2F)C1CC1. The Morgan fingerprint density at radius 3 is 2.64 bits per heavy atom. The van der Waals surface area contributed by atoms with E-state index in [1.807, 2.05) is 0 Å². The third kappa shape index (κ3) is 1.99. The molecular weight excluding hydrogens is 310 g/mol. The van der Waals surface area contributed by atoms with Crippen LogP contribution in [0.3, 0.4) is 0 Å². The topological polar surface area (TPSA) is 52.0 Å². The van der Waals surface area contributed by atoms with Crippen molar-refractivity contribution in [1.29, 1.82) is 0 Å². The number of benzene rings is 1. The molecule has 0 unspecified atom stereocenters. The molecule has 22 heavy (non-hydrogen) atoms. The number of rotatable bonds is 3. The van der Waals surface area contributed by atoms with Gasteiger partial charge in [-0.25, -0.2) is 17.2 Å². The molecule has 1 aromatic carbocycles. The van der Waals surface area contributed by atoms with Crippen molar-refractivity contribution in [3.63, 3.8) is 0 Å². The summed E-state index contributed by atoms with van der Waals surface area (Å²) in [6.07, 6.45) is -0.00604. The smallest absolute Gasteiger partial charge is 0.200 e. The van der Waals surface area contributed by atoms with Crippen LogP contribution >= 0.6 is 0 Å². The van der Waals surface area contributed by atoms with E-state index in [0.717, 1.165) is 0 Å². The van der Waals surface area contributed by atoms with Crippen LogP contribution < -0.4 is 0 Å². The summed E-state index contributed by atoms with van der Waals surface area (Å²) in [5.41, 5.74) is 0.551. The molecule has 7 heteroatoms. The third-order valence-corrected chi connectivity index (χ3v) is 6.44. The first-order chi connectivity index (χ1) is 10.5. The molecule has 2 aliphatic rings. The number of nitrogens with zero attached hydrogens (tertiary/aromatic N) is 2. The molecule has 1 fully saturated rings. The number of halogens is 2. The molecule has 4 nitrogen and oxygen atoms in total. The number of fused-ring (bicyclic) bond motifs is 1. The minimum absolute atomic E-state index is 0.0764. The Morgan fingerprint density at radius 2 is 1.95 bits per heavy atom. The van der Waals surface area contributed by atoms with Gasteiger partial charge in [-0.3, -0.25) is 4.68 Å². The Bertz CT molecular complexity index is 843. The van der Waals surface area contributed by atoms with Gasteiger partial charge in [0.25, 0.3) is 0 Å². The molecule has 4 rings (SSSR count). The van der Waals surface area contributed by atoms with E-state index in [-0.39, 0.29) is 17.1 Å². The lowest BCUT2D eigenvalue weighted by Crippen LogP contribution is -2.12. The van der Waals surface area contributed by atoms with Crippen LogP contribution in [-0.2, 0) is 9.84 Å². The molecule has 1 aliphatic carbocycles. The van der Waals surface area contributed by atoms with Gasteiger partial charge in [-0.1, -0.05) is 18.2 Å². The number of aromatic nitrogens is 2. The van der Waals surface area contributed by atoms with E-state index in [9.17, 15) is 17.2 Å². The van der Waals surface area contributed by atoms with Crippen molar-refractivity contribution in [2.75, 3.05) is 0 Å². The molecule has 0 radical (unpaired) electrons. The largest absolute Gasteiger partial charge is 0.258 e. The molecule has 1 aromatic heterocycles. The summed E-state index contributed by atoms with van der Waals surface area (Å²) in [6, 6.07) is 6.83. The van der Waals surface area contributed by atoms with Crippen LogP contribution in [0.2, 0.25) is 0 Å². The van der Waals surface area contributed by atoms with Crippen molar-refractivity contribution in [3.05, 3.63) is 47.4 Å². The fourth-order valence-corrected chi connectivity index (χ4v) is 4.56. The van der Waals surface area contributed by atoms with Crippen LogP contribution in [0.5, 0.6) is 0 Å². The molecule has 0 spiro atoms. The standard InChI is InChI=1S/C15H14F2N2O2S/c16-11-4-2-1-3-10(11)13-7-12(17)14-8-15(18-19(13)14)22(20,21)9-5-6-9/h1-4,8-9,12-13H,5-7H2/t12-,13-/m0/s1. The Kier molecular flexibility index (Phi) is 2.91. The first-order valence-corrected chi connectivity index (χ1v) is 8.75. The summed E-state index contributed by atoms with van der Waals surface area (Å²) >= 11 is 0. The van der Waals surface area contributed by atoms with Crippen LogP contribution in [0.4, 0.5) is 8.78 Å². The van der Waals surface area contributed by atoms with Crippen LogP contribution in [0.25, 0.3) is 0 Å². The van der Waals surface area contributed by atoms with Crippen molar-refractivity contribution < 1.29 is 17.2 Å². The molecule has 0 N–H and O–H groups in total. The van der Waals surface area contributed by atoms with Gasteiger partial charge in [0.1, 0.15) is 12.0 Å². The fraction of sp³-hybridized carbons (Fsp3) is 0.400. The summed E-state index contributed by atoms with van der Waals surface area (Å²) in [4.78, 5) is 0. The summed E-state index contributed by atoms with van der Waals surface area (Å²) in [6.45, 7) is 0. The monoisotopic (exact) mass is 324 g/mol. The molecular formula is C15H14F2N2O2S. The molecule has 1 saturated carbocycles. The zero-order valence-corrected chi connectivity index (χ0v) is 12.4. The Morgan fingerprint density at radius 1 is 1.23 bits per heavy atom. The lowest BCUT2D eigenvalue weighted by molar-refractivity contribution is 0.331. The molecule has 0 bridgehead atoms. The predicted molar refractivity (Wildman–Crippen MR) is 75.4 cm³/mol. The van der Waals surface area contributed by atoms with Gasteiger partial charge in [-0.15, -0.1) is 0 Å². The summed E-state index contributed by atoms with van der Waals surface area (Å²) in [5.74, 6) is -0.436. The van der Waals surface area contributed by atoms with E-state index < -0.39 is 33.1 Å². The third-order valence-electron chi connectivity index (χ3n) is 4.31. The molecule has 2 heterocycles. The van der Waals surface area contributed by atoms with Crippen LogP contribution in [0, 0.1) is 5.82 Å². The fourth-order valence-electron chi connectivity index (χ4n) is 2.98. The van der Waals surface area contributed by atoms with E-state index in [1.54, 1.807) is 18.2 Å². The summed E-state index contributed by atoms with van der Waals surface area (Å²) in [7, 11) is -3.48. The van der Waals surface area contributed by atoms with Crippen LogP contribution in [0.15, 0.2) is 35.4 Å². The quantitative estimate of drug-likeness (QED) is 0.872. The predicted octanol–water partition coefficient (Wildman–Crippen LogP) is 2.96. The number of hydrogen-bond acceptors (Lipinski definition) is 3. The zero-order chi connectivity index (χ0) is 15.5. The number of hydrogen-bond donors (Lipinski definition) is 0. The van der Waals surface area contributed by atoms with Gasteiger partial charge in [0, 0.05) is 18.1 Å². The van der Waals surface area contributed by atoms with Crippen LogP contribution in [-0.4, -0.2) is 23.4 Å². The zero-order valence-electron chi connectivity index (χ0n) is 11.6. The molecule has 2 aromatic rings. The van der Waals surface area contributed by atoms with Crippen molar-refractivity contribution >= 4 is 9.84 Å². The molecule has 116 valence electrons. The lowest BCUT2D eigenvalue weighted by atomic mass is 10.0. The molecule has 0 saturated heterocycles. The average molecular weight is 324 g/mol. The summed E-state index contributed by atoms with van der Waals surface area (Å²) < 4.78 is 54.0. The maximum atomic E-state index is 14.2. The minimum atomic E-state index is -3.48. The van der Waals surface area contributed by atoms with Gasteiger partial charge in [0.2, 0.25) is 0 Å².